The maximum absolute atomic E-state index is 6.76. The number of hydrogen-bond acceptors (Lipinski definition) is 5. The first-order valence-corrected chi connectivity index (χ1v) is 24.2. The third kappa shape index (κ3) is 6.45. The van der Waals surface area contributed by atoms with Crippen molar-refractivity contribution >= 4 is 118 Å². The van der Waals surface area contributed by atoms with Crippen LogP contribution in [0.25, 0.3) is 43.9 Å². The molecule has 0 bridgehead atoms. The van der Waals surface area contributed by atoms with Crippen molar-refractivity contribution in [2.24, 2.45) is 0 Å². The van der Waals surface area contributed by atoms with Crippen LogP contribution in [-0.4, -0.2) is 6.71 Å². The van der Waals surface area contributed by atoms with Crippen LogP contribution in [-0.2, 0) is 10.8 Å². The van der Waals surface area contributed by atoms with Gasteiger partial charge in [-0.15, -0.1) is 0 Å². The summed E-state index contributed by atoms with van der Waals surface area (Å²) in [6.45, 7) is 15.8. The summed E-state index contributed by atoms with van der Waals surface area (Å²) in [6, 6.07) is 69.2. The molecule has 0 spiro atoms. The summed E-state index contributed by atoms with van der Waals surface area (Å²) in [5.74, 6) is 0. The Hall–Kier alpha value is -7.96. The molecule has 0 radical (unpaired) electrons. The van der Waals surface area contributed by atoms with Crippen LogP contribution in [0.5, 0.6) is 0 Å². The van der Waals surface area contributed by atoms with Gasteiger partial charge in [-0.2, -0.15) is 0 Å². The van der Waals surface area contributed by atoms with Gasteiger partial charge in [-0.3, -0.25) is 0 Å². The first-order chi connectivity index (χ1) is 33.4. The average Bonchev–Trinajstić information content (AvgIpc) is 3.91. The number of anilines is 9. The highest BCUT2D eigenvalue weighted by Gasteiger charge is 2.44. The van der Waals surface area contributed by atoms with Crippen LogP contribution in [0.3, 0.4) is 0 Å². The molecule has 5 nitrogen and oxygen atoms in total. The normalized spacial score (nSPS) is 13.3. The molecule has 13 rings (SSSR count). The van der Waals surface area contributed by atoms with Gasteiger partial charge in [0.05, 0.1) is 5.69 Å². The van der Waals surface area contributed by atoms with E-state index >= 15 is 0 Å². The van der Waals surface area contributed by atoms with E-state index in [0.717, 1.165) is 95.1 Å². The van der Waals surface area contributed by atoms with Gasteiger partial charge in [0.1, 0.15) is 16.7 Å². The molecule has 69 heavy (non-hydrogen) atoms. The number of aryl methyl sites for hydroxylation is 1. The van der Waals surface area contributed by atoms with Crippen LogP contribution in [0.2, 0.25) is 0 Å². The topological polar surface area (TPSA) is 36.0 Å². The number of para-hydroxylation sites is 3. The van der Waals surface area contributed by atoms with Gasteiger partial charge in [0, 0.05) is 73.1 Å². The van der Waals surface area contributed by atoms with Crippen LogP contribution in [0.15, 0.2) is 197 Å². The van der Waals surface area contributed by atoms with Crippen molar-refractivity contribution in [2.45, 2.75) is 59.3 Å². The summed E-state index contributed by atoms with van der Waals surface area (Å²) >= 11 is 0. The molecule has 0 aliphatic carbocycles. The Morgan fingerprint density at radius 1 is 0.420 bits per heavy atom. The van der Waals surface area contributed by atoms with E-state index < -0.39 is 0 Å². The second-order valence-electron chi connectivity index (χ2n) is 21.1. The summed E-state index contributed by atoms with van der Waals surface area (Å²) in [4.78, 5) is 7.34. The average molecular weight is 894 g/mol. The van der Waals surface area contributed by atoms with E-state index in [1.54, 1.807) is 0 Å². The van der Waals surface area contributed by atoms with E-state index in [0.29, 0.717) is 0 Å². The van der Waals surface area contributed by atoms with Gasteiger partial charge < -0.3 is 23.5 Å². The molecule has 11 aromatic rings. The number of furan rings is 2. The second-order valence-corrected chi connectivity index (χ2v) is 21.1. The fraction of sp³-hybridized carbons (Fsp3) is 0.143. The minimum atomic E-state index is -0.0893. The molecule has 0 atom stereocenters. The molecule has 2 aliphatic rings. The molecule has 0 unspecified atom stereocenters. The lowest BCUT2D eigenvalue weighted by molar-refractivity contribution is 0.590. The lowest BCUT2D eigenvalue weighted by Gasteiger charge is -2.44. The first-order valence-electron chi connectivity index (χ1n) is 24.2. The highest BCUT2D eigenvalue weighted by molar-refractivity contribution is 7.00. The molecule has 2 aliphatic heterocycles. The van der Waals surface area contributed by atoms with Gasteiger partial charge in [-0.05, 0) is 130 Å². The van der Waals surface area contributed by atoms with Crippen LogP contribution in [0, 0.1) is 6.92 Å². The summed E-state index contributed by atoms with van der Waals surface area (Å²) < 4.78 is 13.5. The van der Waals surface area contributed by atoms with Gasteiger partial charge in [-0.1, -0.05) is 144 Å². The van der Waals surface area contributed by atoms with Crippen LogP contribution >= 0.6 is 0 Å². The standard InChI is InChI=1S/C63H52BN3O2/c1-39-23-34-58-48(35-39)49-37-51-56(38-59(49)68-58)67(44-30-26-41(27-31-44)63(5,6)7)53-20-14-19-52-60(53)64(51)50-33-32-45(36-55(50)66(52)43-28-24-40(25-29-43)62(2,3)4)65(42-15-9-8-10-16-42)54-21-13-18-47-46-17-11-12-22-57(46)69-61(47)54/h8-38H,1-7H3. The van der Waals surface area contributed by atoms with E-state index in [1.165, 1.54) is 33.1 Å². The Labute approximate surface area is 403 Å². The molecule has 0 saturated heterocycles. The maximum atomic E-state index is 6.76. The van der Waals surface area contributed by atoms with Gasteiger partial charge in [-0.25, -0.2) is 0 Å². The highest BCUT2D eigenvalue weighted by Crippen LogP contribution is 2.48. The van der Waals surface area contributed by atoms with Crippen molar-refractivity contribution in [1.29, 1.82) is 0 Å². The minimum Gasteiger partial charge on any atom is -0.456 e. The number of benzene rings is 9. The zero-order chi connectivity index (χ0) is 46.9. The summed E-state index contributed by atoms with van der Waals surface area (Å²) in [7, 11) is 0. The van der Waals surface area contributed by atoms with Crippen molar-refractivity contribution in [2.75, 3.05) is 14.7 Å². The second kappa shape index (κ2) is 15.0. The molecule has 6 heteroatoms. The zero-order valence-electron chi connectivity index (χ0n) is 40.1. The van der Waals surface area contributed by atoms with E-state index in [-0.39, 0.29) is 17.5 Å². The number of nitrogens with zero attached hydrogens (tertiary/aromatic N) is 3. The Bertz CT molecular complexity index is 3840. The quantitative estimate of drug-likeness (QED) is 0.161. The molecular formula is C63H52BN3O2. The number of hydrogen-bond donors (Lipinski definition) is 0. The SMILES string of the molecule is Cc1ccc2oc3cc4c(cc3c2c1)B1c2ccc(N(c3ccccc3)c3cccc5c3oc3ccccc35)cc2N(c2ccc(C(C)(C)C)cc2)c2cccc(c21)N4c1ccc(C(C)(C)C)cc1. The molecule has 9 aromatic carbocycles. The van der Waals surface area contributed by atoms with Crippen LogP contribution in [0.4, 0.5) is 51.2 Å². The van der Waals surface area contributed by atoms with Gasteiger partial charge in [0.15, 0.2) is 5.58 Å². The summed E-state index contributed by atoms with van der Waals surface area (Å²) in [5.41, 5.74) is 21.0. The minimum absolute atomic E-state index is 0.00422. The molecule has 0 amide bonds. The predicted octanol–water partition coefficient (Wildman–Crippen LogP) is 15.9. The third-order valence-corrected chi connectivity index (χ3v) is 14.6. The predicted molar refractivity (Wildman–Crippen MR) is 292 cm³/mol. The molecule has 4 heterocycles. The highest BCUT2D eigenvalue weighted by atomic mass is 16.3. The van der Waals surface area contributed by atoms with E-state index in [4.69, 9.17) is 8.83 Å². The Kier molecular flexibility index (Phi) is 8.98. The molecule has 0 N–H and O–H groups in total. The Morgan fingerprint density at radius 3 is 1.70 bits per heavy atom. The monoisotopic (exact) mass is 893 g/mol. The van der Waals surface area contributed by atoms with Crippen LogP contribution < -0.4 is 31.1 Å². The number of fused-ring (bicyclic) bond motifs is 10. The van der Waals surface area contributed by atoms with Gasteiger partial charge in [0.25, 0.3) is 6.71 Å². The molecule has 334 valence electrons. The van der Waals surface area contributed by atoms with Crippen molar-refractivity contribution in [1.82, 2.24) is 0 Å². The van der Waals surface area contributed by atoms with Crippen molar-refractivity contribution in [3.8, 4) is 0 Å². The molecule has 0 saturated carbocycles. The third-order valence-electron chi connectivity index (χ3n) is 14.6. The van der Waals surface area contributed by atoms with Crippen LogP contribution in [0.1, 0.15) is 58.2 Å². The fourth-order valence-electron chi connectivity index (χ4n) is 11.1. The maximum Gasteiger partial charge on any atom is 0.252 e. The smallest absolute Gasteiger partial charge is 0.252 e. The fourth-order valence-corrected chi connectivity index (χ4v) is 11.1. The Balaban J connectivity index is 1.09. The van der Waals surface area contributed by atoms with E-state index in [2.05, 4.69) is 245 Å². The van der Waals surface area contributed by atoms with Gasteiger partial charge >= 0.3 is 0 Å². The molecule has 0 fully saturated rings. The van der Waals surface area contributed by atoms with Crippen molar-refractivity contribution in [3.63, 3.8) is 0 Å². The lowest BCUT2D eigenvalue weighted by Crippen LogP contribution is -2.61. The van der Waals surface area contributed by atoms with Crippen molar-refractivity contribution in [3.05, 3.63) is 205 Å². The largest absolute Gasteiger partial charge is 0.456 e. The first kappa shape index (κ1) is 41.2. The van der Waals surface area contributed by atoms with Crippen molar-refractivity contribution < 1.29 is 8.83 Å². The van der Waals surface area contributed by atoms with E-state index in [1.807, 2.05) is 6.07 Å². The summed E-state index contributed by atoms with van der Waals surface area (Å²) in [5, 5.41) is 4.46. The molecule has 2 aromatic heterocycles. The molecular weight excluding hydrogens is 842 g/mol. The lowest BCUT2D eigenvalue weighted by atomic mass is 9.33. The number of rotatable bonds is 5. The van der Waals surface area contributed by atoms with E-state index in [9.17, 15) is 0 Å². The zero-order valence-corrected chi connectivity index (χ0v) is 40.1. The van der Waals surface area contributed by atoms with Gasteiger partial charge in [0.2, 0.25) is 0 Å². The Morgan fingerprint density at radius 2 is 1.01 bits per heavy atom. The summed E-state index contributed by atoms with van der Waals surface area (Å²) in [6.07, 6.45) is 0.